The Kier molecular flexibility index (Phi) is 4.72. The lowest BCUT2D eigenvalue weighted by Gasteiger charge is -2.48. The Bertz CT molecular complexity index is 285. The second kappa shape index (κ2) is 6.36. The van der Waals surface area contributed by atoms with E-state index in [9.17, 15) is 0 Å². The lowest BCUT2D eigenvalue weighted by atomic mass is 9.74. The van der Waals surface area contributed by atoms with Gasteiger partial charge in [0.1, 0.15) is 0 Å². The fraction of sp³-hybridized carbons (Fsp3) is 1.00. The van der Waals surface area contributed by atoms with Crippen LogP contribution in [0.2, 0.25) is 0 Å². The summed E-state index contributed by atoms with van der Waals surface area (Å²) in [6.07, 6.45) is 14.3. The van der Waals surface area contributed by atoms with Crippen LogP contribution in [0.5, 0.6) is 0 Å². The van der Waals surface area contributed by atoms with E-state index in [1.807, 2.05) is 0 Å². The highest BCUT2D eigenvalue weighted by Crippen LogP contribution is 2.42. The van der Waals surface area contributed by atoms with Crippen LogP contribution in [-0.2, 0) is 0 Å². The molecule has 2 nitrogen and oxygen atoms in total. The molecule has 0 radical (unpaired) electrons. The zero-order valence-corrected chi connectivity index (χ0v) is 13.4. The second-order valence-corrected chi connectivity index (χ2v) is 7.95. The molecule has 3 saturated carbocycles. The van der Waals surface area contributed by atoms with Crippen molar-refractivity contribution in [3.05, 3.63) is 0 Å². The maximum Gasteiger partial charge on any atom is 0.0332 e. The third-order valence-electron chi connectivity index (χ3n) is 6.13. The minimum absolute atomic E-state index is 0.370. The molecule has 116 valence electrons. The zero-order chi connectivity index (χ0) is 14.0. The monoisotopic (exact) mass is 278 g/mol. The average Bonchev–Trinajstić information content (AvgIpc) is 3.35. The van der Waals surface area contributed by atoms with Crippen LogP contribution >= 0.6 is 0 Å². The van der Waals surface area contributed by atoms with E-state index in [0.717, 1.165) is 24.3 Å². The highest BCUT2D eigenvalue weighted by atomic mass is 15.2. The molecular formula is C18H34N2. The summed E-state index contributed by atoms with van der Waals surface area (Å²) in [7, 11) is 0. The molecule has 3 rings (SSSR count). The van der Waals surface area contributed by atoms with Gasteiger partial charge < -0.3 is 5.73 Å². The number of nitrogens with two attached hydrogens (primary N) is 1. The van der Waals surface area contributed by atoms with E-state index in [4.69, 9.17) is 5.73 Å². The molecule has 0 spiro atoms. The van der Waals surface area contributed by atoms with Crippen LogP contribution in [0.15, 0.2) is 0 Å². The van der Waals surface area contributed by atoms with Crippen LogP contribution in [0.4, 0.5) is 0 Å². The molecule has 2 heteroatoms. The van der Waals surface area contributed by atoms with Crippen molar-refractivity contribution in [1.82, 2.24) is 4.90 Å². The molecule has 3 aliphatic carbocycles. The second-order valence-electron chi connectivity index (χ2n) is 7.95. The van der Waals surface area contributed by atoms with Gasteiger partial charge >= 0.3 is 0 Å². The van der Waals surface area contributed by atoms with Gasteiger partial charge in [-0.2, -0.15) is 0 Å². The highest BCUT2D eigenvalue weighted by Gasteiger charge is 2.42. The summed E-state index contributed by atoms with van der Waals surface area (Å²) in [5.41, 5.74) is 6.68. The molecule has 0 unspecified atom stereocenters. The Balaban J connectivity index is 1.61. The van der Waals surface area contributed by atoms with Crippen molar-refractivity contribution in [3.63, 3.8) is 0 Å². The molecule has 0 heterocycles. The van der Waals surface area contributed by atoms with E-state index in [2.05, 4.69) is 11.8 Å². The van der Waals surface area contributed by atoms with Crippen LogP contribution in [0.3, 0.4) is 0 Å². The van der Waals surface area contributed by atoms with Gasteiger partial charge in [0.05, 0.1) is 0 Å². The average molecular weight is 278 g/mol. The Hall–Kier alpha value is -0.0800. The minimum atomic E-state index is 0.370. The van der Waals surface area contributed by atoms with Gasteiger partial charge in [-0.25, -0.2) is 0 Å². The van der Waals surface area contributed by atoms with Crippen molar-refractivity contribution in [2.45, 2.75) is 76.7 Å². The standard InChI is InChI=1S/C18H34N2/c1-2-3-15-8-10-18(14-19,11-9-15)20(12-16-4-5-16)13-17-6-7-17/h15-17H,2-14,19H2,1H3. The molecule has 0 aromatic carbocycles. The van der Waals surface area contributed by atoms with Gasteiger partial charge in [-0.1, -0.05) is 19.8 Å². The quantitative estimate of drug-likeness (QED) is 0.732. The van der Waals surface area contributed by atoms with E-state index in [1.165, 1.54) is 77.3 Å². The fourth-order valence-corrected chi connectivity index (χ4v) is 4.25. The lowest BCUT2D eigenvalue weighted by molar-refractivity contribution is 0.0330. The molecule has 0 amide bonds. The van der Waals surface area contributed by atoms with E-state index >= 15 is 0 Å². The lowest BCUT2D eigenvalue weighted by Crippen LogP contribution is -2.57. The van der Waals surface area contributed by atoms with Crippen molar-refractivity contribution >= 4 is 0 Å². The number of hydrogen-bond donors (Lipinski definition) is 1. The summed E-state index contributed by atoms with van der Waals surface area (Å²) in [5.74, 6) is 3.00. The summed E-state index contributed by atoms with van der Waals surface area (Å²) >= 11 is 0. The van der Waals surface area contributed by atoms with E-state index in [0.29, 0.717) is 5.54 Å². The van der Waals surface area contributed by atoms with Crippen molar-refractivity contribution < 1.29 is 0 Å². The van der Waals surface area contributed by atoms with Crippen LogP contribution in [0, 0.1) is 17.8 Å². The Morgan fingerprint density at radius 3 is 1.85 bits per heavy atom. The van der Waals surface area contributed by atoms with Crippen LogP contribution in [-0.4, -0.2) is 30.1 Å². The minimum Gasteiger partial charge on any atom is -0.329 e. The molecule has 0 aromatic heterocycles. The first kappa shape index (κ1) is 14.8. The third-order valence-corrected chi connectivity index (χ3v) is 6.13. The first-order chi connectivity index (χ1) is 9.75. The Morgan fingerprint density at radius 2 is 1.45 bits per heavy atom. The smallest absolute Gasteiger partial charge is 0.0332 e. The van der Waals surface area contributed by atoms with Crippen molar-refractivity contribution in [1.29, 1.82) is 0 Å². The van der Waals surface area contributed by atoms with Gasteiger partial charge in [0, 0.05) is 25.2 Å². The predicted octanol–water partition coefficient (Wildman–Crippen LogP) is 3.80. The Labute approximate surface area is 125 Å². The van der Waals surface area contributed by atoms with E-state index < -0.39 is 0 Å². The van der Waals surface area contributed by atoms with Crippen molar-refractivity contribution in [3.8, 4) is 0 Å². The largest absolute Gasteiger partial charge is 0.329 e. The topological polar surface area (TPSA) is 29.3 Å². The summed E-state index contributed by atoms with van der Waals surface area (Å²) in [6, 6.07) is 0. The van der Waals surface area contributed by atoms with Gasteiger partial charge in [0.2, 0.25) is 0 Å². The molecule has 0 bridgehead atoms. The fourth-order valence-electron chi connectivity index (χ4n) is 4.25. The van der Waals surface area contributed by atoms with Crippen LogP contribution in [0.25, 0.3) is 0 Å². The van der Waals surface area contributed by atoms with Gasteiger partial charge in [0.15, 0.2) is 0 Å². The summed E-state index contributed by atoms with van der Waals surface area (Å²) in [6.45, 7) is 5.93. The van der Waals surface area contributed by atoms with Gasteiger partial charge in [-0.15, -0.1) is 0 Å². The molecule has 0 saturated heterocycles. The first-order valence-corrected chi connectivity index (χ1v) is 9.21. The van der Waals surface area contributed by atoms with E-state index in [1.54, 1.807) is 0 Å². The van der Waals surface area contributed by atoms with Gasteiger partial charge in [-0.3, -0.25) is 4.90 Å². The Morgan fingerprint density at radius 1 is 0.900 bits per heavy atom. The highest BCUT2D eigenvalue weighted by molar-refractivity contribution is 4.99. The van der Waals surface area contributed by atoms with Crippen molar-refractivity contribution in [2.75, 3.05) is 19.6 Å². The number of hydrogen-bond acceptors (Lipinski definition) is 2. The molecular weight excluding hydrogens is 244 g/mol. The summed E-state index contributed by atoms with van der Waals surface area (Å²) < 4.78 is 0. The first-order valence-electron chi connectivity index (χ1n) is 9.21. The number of nitrogens with zero attached hydrogens (tertiary/aromatic N) is 1. The molecule has 3 fully saturated rings. The third kappa shape index (κ3) is 3.57. The van der Waals surface area contributed by atoms with Gasteiger partial charge in [0.25, 0.3) is 0 Å². The zero-order valence-electron chi connectivity index (χ0n) is 13.4. The molecule has 2 N–H and O–H groups in total. The summed E-state index contributed by atoms with van der Waals surface area (Å²) in [5, 5.41) is 0. The molecule has 0 aliphatic heterocycles. The molecule has 3 aliphatic rings. The molecule has 0 aromatic rings. The maximum atomic E-state index is 6.31. The summed E-state index contributed by atoms with van der Waals surface area (Å²) in [4.78, 5) is 2.87. The molecule has 0 atom stereocenters. The van der Waals surface area contributed by atoms with E-state index in [-0.39, 0.29) is 0 Å². The van der Waals surface area contributed by atoms with Crippen molar-refractivity contribution in [2.24, 2.45) is 23.5 Å². The molecule has 20 heavy (non-hydrogen) atoms. The maximum absolute atomic E-state index is 6.31. The van der Waals surface area contributed by atoms with Crippen LogP contribution < -0.4 is 5.73 Å². The van der Waals surface area contributed by atoms with Gasteiger partial charge in [-0.05, 0) is 69.1 Å². The van der Waals surface area contributed by atoms with Crippen LogP contribution in [0.1, 0.15) is 71.1 Å². The predicted molar refractivity (Wildman–Crippen MR) is 85.7 cm³/mol. The normalized spacial score (nSPS) is 34.6. The number of rotatable bonds is 8. The SMILES string of the molecule is CCCC1CCC(CN)(N(CC2CC2)CC2CC2)CC1.